The minimum absolute atomic E-state index is 0.0863. The molecular formula is C19H21F3N2O4S. The van der Waals surface area contributed by atoms with Gasteiger partial charge in [-0.2, -0.15) is 13.2 Å². The van der Waals surface area contributed by atoms with Crippen LogP contribution in [0.1, 0.15) is 19.4 Å². The number of anilines is 2. The molecule has 1 N–H and O–H groups in total. The summed E-state index contributed by atoms with van der Waals surface area (Å²) in [4.78, 5) is 12.6. The number of halogens is 3. The van der Waals surface area contributed by atoms with Crippen LogP contribution in [0.4, 0.5) is 24.5 Å². The monoisotopic (exact) mass is 430 g/mol. The standard InChI is InChI=1S/C19H21F3N2O4S/c1-4-28-17-10-8-16(9-11-17)24(29(3,26)27)13(2)18(25)23-15-7-5-6-14(12-15)19(20,21)22/h5-13H,4H2,1-3H3,(H,23,25)/t13-/m1/s1. The Hall–Kier alpha value is -2.75. The summed E-state index contributed by atoms with van der Waals surface area (Å²) in [5, 5.41) is 2.34. The number of nitrogens with one attached hydrogen (secondary N) is 1. The molecule has 1 atom stereocenters. The third kappa shape index (κ3) is 5.86. The van der Waals surface area contributed by atoms with Crippen molar-refractivity contribution in [2.24, 2.45) is 0 Å². The van der Waals surface area contributed by atoms with E-state index in [1.807, 2.05) is 0 Å². The Morgan fingerprint density at radius 2 is 1.79 bits per heavy atom. The van der Waals surface area contributed by atoms with Crippen LogP contribution in [0.3, 0.4) is 0 Å². The van der Waals surface area contributed by atoms with Gasteiger partial charge in [0.15, 0.2) is 0 Å². The normalized spacial score (nSPS) is 12.9. The minimum atomic E-state index is -4.56. The first-order valence-electron chi connectivity index (χ1n) is 8.64. The zero-order chi connectivity index (χ0) is 21.8. The molecule has 0 radical (unpaired) electrons. The third-order valence-electron chi connectivity index (χ3n) is 3.95. The van der Waals surface area contributed by atoms with E-state index >= 15 is 0 Å². The third-order valence-corrected chi connectivity index (χ3v) is 5.19. The maximum absolute atomic E-state index is 12.8. The Morgan fingerprint density at radius 1 is 1.17 bits per heavy atom. The Bertz CT molecular complexity index is 960. The second-order valence-electron chi connectivity index (χ2n) is 6.23. The van der Waals surface area contributed by atoms with Crippen LogP contribution in [-0.2, 0) is 21.0 Å². The maximum Gasteiger partial charge on any atom is 0.416 e. The molecule has 158 valence electrons. The highest BCUT2D eigenvalue weighted by Gasteiger charge is 2.32. The molecule has 2 rings (SSSR count). The lowest BCUT2D eigenvalue weighted by molar-refractivity contribution is -0.137. The lowest BCUT2D eigenvalue weighted by Crippen LogP contribution is -2.45. The zero-order valence-corrected chi connectivity index (χ0v) is 16.8. The SMILES string of the molecule is CCOc1ccc(N([C@H](C)C(=O)Nc2cccc(C(F)(F)F)c2)S(C)(=O)=O)cc1. The van der Waals surface area contributed by atoms with E-state index in [1.165, 1.54) is 25.1 Å². The van der Waals surface area contributed by atoms with Crippen LogP contribution in [0.2, 0.25) is 0 Å². The van der Waals surface area contributed by atoms with E-state index in [0.29, 0.717) is 12.4 Å². The van der Waals surface area contributed by atoms with Gasteiger partial charge in [0.05, 0.1) is 24.1 Å². The van der Waals surface area contributed by atoms with Gasteiger partial charge < -0.3 is 10.1 Å². The summed E-state index contributed by atoms with van der Waals surface area (Å²) >= 11 is 0. The zero-order valence-electron chi connectivity index (χ0n) is 16.0. The number of hydrogen-bond donors (Lipinski definition) is 1. The summed E-state index contributed by atoms with van der Waals surface area (Å²) < 4.78 is 69.3. The van der Waals surface area contributed by atoms with E-state index in [9.17, 15) is 26.4 Å². The average Bonchev–Trinajstić information content (AvgIpc) is 2.62. The van der Waals surface area contributed by atoms with Crippen molar-refractivity contribution in [2.75, 3.05) is 22.5 Å². The van der Waals surface area contributed by atoms with E-state index in [2.05, 4.69) is 5.32 Å². The lowest BCUT2D eigenvalue weighted by Gasteiger charge is -2.28. The molecule has 0 bridgehead atoms. The summed E-state index contributed by atoms with van der Waals surface area (Å²) in [5.41, 5.74) is -0.783. The highest BCUT2D eigenvalue weighted by molar-refractivity contribution is 7.92. The van der Waals surface area contributed by atoms with Crippen LogP contribution >= 0.6 is 0 Å². The fourth-order valence-corrected chi connectivity index (χ4v) is 3.86. The molecule has 6 nitrogen and oxygen atoms in total. The van der Waals surface area contributed by atoms with E-state index in [0.717, 1.165) is 28.8 Å². The van der Waals surface area contributed by atoms with Crippen molar-refractivity contribution < 1.29 is 31.1 Å². The van der Waals surface area contributed by atoms with Gasteiger partial charge >= 0.3 is 6.18 Å². The number of sulfonamides is 1. The van der Waals surface area contributed by atoms with Crippen molar-refractivity contribution in [1.82, 2.24) is 0 Å². The van der Waals surface area contributed by atoms with Gasteiger partial charge in [0.1, 0.15) is 11.8 Å². The molecule has 0 heterocycles. The molecule has 0 aliphatic rings. The molecule has 0 fully saturated rings. The van der Waals surface area contributed by atoms with Gasteiger partial charge in [-0.25, -0.2) is 8.42 Å². The van der Waals surface area contributed by atoms with Gasteiger partial charge in [-0.1, -0.05) is 6.07 Å². The molecule has 0 spiro atoms. The van der Waals surface area contributed by atoms with Crippen molar-refractivity contribution in [3.63, 3.8) is 0 Å². The number of benzene rings is 2. The molecule has 0 saturated heterocycles. The summed E-state index contributed by atoms with van der Waals surface area (Å²) in [7, 11) is -3.86. The molecule has 0 unspecified atom stereocenters. The fraction of sp³-hybridized carbons (Fsp3) is 0.316. The Balaban J connectivity index is 2.28. The van der Waals surface area contributed by atoms with Crippen molar-refractivity contribution in [3.05, 3.63) is 54.1 Å². The Morgan fingerprint density at radius 3 is 2.31 bits per heavy atom. The van der Waals surface area contributed by atoms with Crippen molar-refractivity contribution >= 4 is 27.3 Å². The molecule has 2 aromatic carbocycles. The molecule has 29 heavy (non-hydrogen) atoms. The molecule has 2 aromatic rings. The number of carbonyl (C=O) groups is 1. The van der Waals surface area contributed by atoms with Crippen molar-refractivity contribution in [3.8, 4) is 5.75 Å². The molecule has 0 saturated carbocycles. The lowest BCUT2D eigenvalue weighted by atomic mass is 10.2. The second-order valence-corrected chi connectivity index (χ2v) is 8.09. The van der Waals surface area contributed by atoms with Crippen LogP contribution in [-0.4, -0.2) is 33.2 Å². The van der Waals surface area contributed by atoms with Crippen LogP contribution in [0, 0.1) is 0 Å². The first kappa shape index (κ1) is 22.5. The van der Waals surface area contributed by atoms with Gasteiger partial charge in [0, 0.05) is 5.69 Å². The van der Waals surface area contributed by atoms with E-state index in [-0.39, 0.29) is 11.4 Å². The smallest absolute Gasteiger partial charge is 0.416 e. The highest BCUT2D eigenvalue weighted by atomic mass is 32.2. The van der Waals surface area contributed by atoms with Crippen LogP contribution in [0.15, 0.2) is 48.5 Å². The van der Waals surface area contributed by atoms with E-state index in [4.69, 9.17) is 4.74 Å². The highest BCUT2D eigenvalue weighted by Crippen LogP contribution is 2.31. The number of amides is 1. The van der Waals surface area contributed by atoms with Crippen molar-refractivity contribution in [2.45, 2.75) is 26.1 Å². The maximum atomic E-state index is 12.8. The predicted octanol–water partition coefficient (Wildman–Crippen LogP) is 3.90. The summed E-state index contributed by atoms with van der Waals surface area (Å²) in [5.74, 6) is -0.241. The molecule has 0 aliphatic carbocycles. The van der Waals surface area contributed by atoms with Crippen molar-refractivity contribution in [1.29, 1.82) is 0 Å². The molecular weight excluding hydrogens is 409 g/mol. The number of rotatable bonds is 7. The molecule has 1 amide bonds. The first-order chi connectivity index (χ1) is 13.4. The number of nitrogens with zero attached hydrogens (tertiary/aromatic N) is 1. The van der Waals surface area contributed by atoms with Crippen LogP contribution in [0.5, 0.6) is 5.75 Å². The second kappa shape index (κ2) is 8.73. The largest absolute Gasteiger partial charge is 0.494 e. The number of ether oxygens (including phenoxy) is 1. The van der Waals surface area contributed by atoms with Gasteiger partial charge in [-0.05, 0) is 56.3 Å². The molecule has 0 aromatic heterocycles. The first-order valence-corrected chi connectivity index (χ1v) is 10.5. The van der Waals surface area contributed by atoms with Crippen LogP contribution < -0.4 is 14.4 Å². The minimum Gasteiger partial charge on any atom is -0.494 e. The van der Waals surface area contributed by atoms with E-state index in [1.54, 1.807) is 19.1 Å². The Labute approximate surface area is 167 Å². The average molecular weight is 430 g/mol. The van der Waals surface area contributed by atoms with E-state index < -0.39 is 33.7 Å². The topological polar surface area (TPSA) is 75.7 Å². The van der Waals surface area contributed by atoms with Crippen LogP contribution in [0.25, 0.3) is 0 Å². The number of hydrogen-bond acceptors (Lipinski definition) is 4. The summed E-state index contributed by atoms with van der Waals surface area (Å²) in [6.07, 6.45) is -3.62. The molecule has 0 aliphatic heterocycles. The summed E-state index contributed by atoms with van der Waals surface area (Å²) in [6.45, 7) is 3.59. The van der Waals surface area contributed by atoms with Gasteiger partial charge in [-0.15, -0.1) is 0 Å². The predicted molar refractivity (Wildman–Crippen MR) is 104 cm³/mol. The van der Waals surface area contributed by atoms with Gasteiger partial charge in [-0.3, -0.25) is 9.10 Å². The number of carbonyl (C=O) groups excluding carboxylic acids is 1. The molecule has 10 heteroatoms. The quantitative estimate of drug-likeness (QED) is 0.723. The number of alkyl halides is 3. The summed E-state index contributed by atoms with van der Waals surface area (Å²) in [6, 6.07) is 9.00. The Kier molecular flexibility index (Phi) is 6.78. The fourth-order valence-electron chi connectivity index (χ4n) is 2.68. The van der Waals surface area contributed by atoms with Gasteiger partial charge in [0.2, 0.25) is 15.9 Å². The van der Waals surface area contributed by atoms with Gasteiger partial charge in [0.25, 0.3) is 0 Å².